The molecule has 0 amide bonds. The molecule has 1 N–H and O–H groups in total. The molecule has 2 unspecified atom stereocenters. The van der Waals surface area contributed by atoms with Crippen molar-refractivity contribution < 1.29 is 13.5 Å². The maximum Gasteiger partial charge on any atom is 0.134 e. The van der Waals surface area contributed by atoms with E-state index in [1.54, 1.807) is 13.2 Å². The molecule has 2 atom stereocenters. The Balaban J connectivity index is 2.37. The maximum atomic E-state index is 13.3. The largest absolute Gasteiger partial charge is 0.459 e. The average Bonchev–Trinajstić information content (AvgIpc) is 2.85. The van der Waals surface area contributed by atoms with E-state index in [9.17, 15) is 4.39 Å². The van der Waals surface area contributed by atoms with Crippen molar-refractivity contribution in [3.8, 4) is 0 Å². The monoisotopic (exact) mass is 293 g/mol. The smallest absolute Gasteiger partial charge is 0.134 e. The molecule has 1 heterocycles. The first-order chi connectivity index (χ1) is 10.1. The predicted molar refractivity (Wildman–Crippen MR) is 82.8 cm³/mol. The van der Waals surface area contributed by atoms with E-state index >= 15 is 0 Å². The van der Waals surface area contributed by atoms with Crippen LogP contribution in [0.15, 0.2) is 28.7 Å². The van der Waals surface area contributed by atoms with Crippen LogP contribution in [0.1, 0.15) is 39.0 Å². The van der Waals surface area contributed by atoms with Crippen LogP contribution in [0.25, 0.3) is 11.0 Å². The van der Waals surface area contributed by atoms with Gasteiger partial charge in [-0.15, -0.1) is 0 Å². The van der Waals surface area contributed by atoms with Crippen molar-refractivity contribution in [3.63, 3.8) is 0 Å². The lowest BCUT2D eigenvalue weighted by Gasteiger charge is -2.28. The second-order valence-electron chi connectivity index (χ2n) is 5.71. The zero-order valence-electron chi connectivity index (χ0n) is 13.2. The van der Waals surface area contributed by atoms with Crippen molar-refractivity contribution in [2.45, 2.75) is 39.3 Å². The van der Waals surface area contributed by atoms with Crippen LogP contribution < -0.4 is 5.32 Å². The van der Waals surface area contributed by atoms with Crippen molar-refractivity contribution in [3.05, 3.63) is 35.8 Å². The number of methoxy groups -OCH3 is 1. The molecule has 0 aliphatic rings. The number of furan rings is 1. The van der Waals surface area contributed by atoms with Gasteiger partial charge in [-0.3, -0.25) is 0 Å². The van der Waals surface area contributed by atoms with Crippen LogP contribution in [0.5, 0.6) is 0 Å². The van der Waals surface area contributed by atoms with Crippen molar-refractivity contribution in [2.24, 2.45) is 5.92 Å². The Hall–Kier alpha value is -1.39. The van der Waals surface area contributed by atoms with Gasteiger partial charge in [0.1, 0.15) is 17.2 Å². The van der Waals surface area contributed by atoms with Gasteiger partial charge in [0, 0.05) is 12.5 Å². The Morgan fingerprint density at radius 1 is 1.29 bits per heavy atom. The summed E-state index contributed by atoms with van der Waals surface area (Å²) in [7, 11) is 1.72. The molecule has 21 heavy (non-hydrogen) atoms. The summed E-state index contributed by atoms with van der Waals surface area (Å²) >= 11 is 0. The van der Waals surface area contributed by atoms with Crippen LogP contribution in [0, 0.1) is 11.7 Å². The molecule has 0 saturated carbocycles. The van der Waals surface area contributed by atoms with Gasteiger partial charge in [-0.2, -0.15) is 0 Å². The Labute approximate surface area is 125 Å². The van der Waals surface area contributed by atoms with Crippen LogP contribution in [0.2, 0.25) is 0 Å². The minimum absolute atomic E-state index is 0.00181. The molecule has 0 spiro atoms. The number of halogens is 1. The molecule has 1 aromatic carbocycles. The van der Waals surface area contributed by atoms with Crippen LogP contribution in [0.3, 0.4) is 0 Å². The standard InChI is InChI=1S/C17H24FNO2/c1-5-8-19-16(17(20-4)11(2)3)15-10-12-9-13(18)6-7-14(12)21-15/h6-7,9-11,16-17,19H,5,8H2,1-4H3. The van der Waals surface area contributed by atoms with Gasteiger partial charge in [0.05, 0.1) is 12.1 Å². The first-order valence-corrected chi connectivity index (χ1v) is 7.52. The number of ether oxygens (including phenoxy) is 1. The molecule has 1 aromatic heterocycles. The molecule has 0 radical (unpaired) electrons. The summed E-state index contributed by atoms with van der Waals surface area (Å²) in [6, 6.07) is 6.45. The molecule has 2 rings (SSSR count). The normalized spacial score (nSPS) is 14.8. The van der Waals surface area contributed by atoms with Crippen molar-refractivity contribution in [1.82, 2.24) is 5.32 Å². The molecule has 0 bridgehead atoms. The molecule has 2 aromatic rings. The number of fused-ring (bicyclic) bond motifs is 1. The average molecular weight is 293 g/mol. The van der Waals surface area contributed by atoms with Gasteiger partial charge in [0.15, 0.2) is 0 Å². The predicted octanol–water partition coefficient (Wildman–Crippen LogP) is 4.28. The Morgan fingerprint density at radius 2 is 2.05 bits per heavy atom. The van der Waals surface area contributed by atoms with Gasteiger partial charge in [-0.05, 0) is 43.1 Å². The number of hydrogen-bond donors (Lipinski definition) is 1. The summed E-state index contributed by atoms with van der Waals surface area (Å²) in [6.07, 6.45) is 1.03. The lowest BCUT2D eigenvalue weighted by molar-refractivity contribution is 0.0269. The third-order valence-electron chi connectivity index (χ3n) is 3.68. The quantitative estimate of drug-likeness (QED) is 0.827. The van der Waals surface area contributed by atoms with Crippen LogP contribution in [-0.2, 0) is 4.74 Å². The van der Waals surface area contributed by atoms with Crippen molar-refractivity contribution >= 4 is 11.0 Å². The highest BCUT2D eigenvalue weighted by molar-refractivity contribution is 5.78. The maximum absolute atomic E-state index is 13.3. The fourth-order valence-corrected chi connectivity index (χ4v) is 2.66. The third-order valence-corrected chi connectivity index (χ3v) is 3.68. The molecule has 3 nitrogen and oxygen atoms in total. The van der Waals surface area contributed by atoms with E-state index in [4.69, 9.17) is 9.15 Å². The van der Waals surface area contributed by atoms with E-state index < -0.39 is 0 Å². The molecule has 116 valence electrons. The van der Waals surface area contributed by atoms with E-state index in [1.165, 1.54) is 12.1 Å². The van der Waals surface area contributed by atoms with E-state index in [2.05, 4.69) is 26.1 Å². The lowest BCUT2D eigenvalue weighted by atomic mass is 9.97. The Morgan fingerprint density at radius 3 is 2.67 bits per heavy atom. The summed E-state index contributed by atoms with van der Waals surface area (Å²) in [5, 5.41) is 4.27. The van der Waals surface area contributed by atoms with E-state index in [0.717, 1.165) is 24.1 Å². The number of hydrogen-bond acceptors (Lipinski definition) is 3. The number of nitrogens with one attached hydrogen (secondary N) is 1. The summed E-state index contributed by atoms with van der Waals surface area (Å²) < 4.78 is 24.9. The minimum Gasteiger partial charge on any atom is -0.459 e. The van der Waals surface area contributed by atoms with Gasteiger partial charge in [-0.1, -0.05) is 20.8 Å². The fourth-order valence-electron chi connectivity index (χ4n) is 2.66. The van der Waals surface area contributed by atoms with Gasteiger partial charge in [0.2, 0.25) is 0 Å². The van der Waals surface area contributed by atoms with E-state index in [-0.39, 0.29) is 18.0 Å². The van der Waals surface area contributed by atoms with Gasteiger partial charge in [-0.25, -0.2) is 4.39 Å². The van der Waals surface area contributed by atoms with Crippen LogP contribution in [-0.4, -0.2) is 19.8 Å². The van der Waals surface area contributed by atoms with Crippen molar-refractivity contribution in [2.75, 3.05) is 13.7 Å². The molecule has 0 saturated heterocycles. The first-order valence-electron chi connectivity index (χ1n) is 7.52. The highest BCUT2D eigenvalue weighted by atomic mass is 19.1. The van der Waals surface area contributed by atoms with Gasteiger partial charge in [0.25, 0.3) is 0 Å². The molecule has 0 fully saturated rings. The van der Waals surface area contributed by atoms with Crippen LogP contribution in [0.4, 0.5) is 4.39 Å². The third kappa shape index (κ3) is 3.63. The van der Waals surface area contributed by atoms with Gasteiger partial charge >= 0.3 is 0 Å². The van der Waals surface area contributed by atoms with E-state index in [1.807, 2.05) is 6.07 Å². The minimum atomic E-state index is -0.250. The molecule has 4 heteroatoms. The SMILES string of the molecule is CCCNC(c1cc2cc(F)ccc2o1)C(OC)C(C)C. The summed E-state index contributed by atoms with van der Waals surface area (Å²) in [6.45, 7) is 7.24. The summed E-state index contributed by atoms with van der Waals surface area (Å²) in [5.74, 6) is 0.888. The molecular weight excluding hydrogens is 269 g/mol. The zero-order valence-corrected chi connectivity index (χ0v) is 13.2. The summed E-state index contributed by atoms with van der Waals surface area (Å²) in [5.41, 5.74) is 0.702. The van der Waals surface area contributed by atoms with Gasteiger partial charge < -0.3 is 14.5 Å². The van der Waals surface area contributed by atoms with Crippen molar-refractivity contribution in [1.29, 1.82) is 0 Å². The zero-order chi connectivity index (χ0) is 15.4. The Bertz CT molecular complexity index is 579. The second kappa shape index (κ2) is 7.05. The topological polar surface area (TPSA) is 34.4 Å². The second-order valence-corrected chi connectivity index (χ2v) is 5.71. The van der Waals surface area contributed by atoms with Crippen LogP contribution >= 0.6 is 0 Å². The summed E-state index contributed by atoms with van der Waals surface area (Å²) in [4.78, 5) is 0. The number of benzene rings is 1. The lowest BCUT2D eigenvalue weighted by Crippen LogP contribution is -2.36. The Kier molecular flexibility index (Phi) is 5.37. The molecule has 0 aliphatic heterocycles. The van der Waals surface area contributed by atoms with E-state index in [0.29, 0.717) is 11.5 Å². The number of rotatable bonds is 7. The highest BCUT2D eigenvalue weighted by Crippen LogP contribution is 2.30. The molecule has 0 aliphatic carbocycles. The first kappa shape index (κ1) is 16.0. The highest BCUT2D eigenvalue weighted by Gasteiger charge is 2.28. The fraction of sp³-hybridized carbons (Fsp3) is 0.529. The molecular formula is C17H24FNO2.